The average molecular weight is 214 g/mol. The highest BCUT2D eigenvalue weighted by molar-refractivity contribution is 5.69. The van der Waals surface area contributed by atoms with Crippen LogP contribution in [0.5, 0.6) is 0 Å². The number of rotatable bonds is 4. The molecular formula is C11H18O4. The summed E-state index contributed by atoms with van der Waals surface area (Å²) in [6.07, 6.45) is 3.14. The number of aliphatic hydroxyl groups is 1. The van der Waals surface area contributed by atoms with Gasteiger partial charge in [0.05, 0.1) is 31.8 Å². The number of carbonyl (C=O) groups excluding carboxylic acids is 1. The molecule has 1 aliphatic rings. The minimum Gasteiger partial charge on any atom is -0.469 e. The van der Waals surface area contributed by atoms with E-state index in [1.807, 2.05) is 0 Å². The van der Waals surface area contributed by atoms with E-state index in [9.17, 15) is 9.90 Å². The molecule has 0 saturated carbocycles. The maximum Gasteiger partial charge on any atom is 0.308 e. The molecule has 15 heavy (non-hydrogen) atoms. The summed E-state index contributed by atoms with van der Waals surface area (Å²) >= 11 is 0. The first kappa shape index (κ1) is 12.2. The van der Waals surface area contributed by atoms with Crippen LogP contribution >= 0.6 is 0 Å². The Labute approximate surface area is 89.9 Å². The van der Waals surface area contributed by atoms with Gasteiger partial charge in [0.15, 0.2) is 0 Å². The van der Waals surface area contributed by atoms with E-state index >= 15 is 0 Å². The molecule has 1 rings (SSSR count). The number of esters is 1. The molecule has 4 heteroatoms. The molecule has 0 bridgehead atoms. The van der Waals surface area contributed by atoms with Gasteiger partial charge < -0.3 is 14.6 Å². The van der Waals surface area contributed by atoms with Crippen LogP contribution < -0.4 is 0 Å². The molecule has 1 saturated heterocycles. The second-order valence-electron chi connectivity index (χ2n) is 3.81. The van der Waals surface area contributed by atoms with Gasteiger partial charge in [-0.15, -0.1) is 6.58 Å². The topological polar surface area (TPSA) is 55.8 Å². The average Bonchev–Trinajstić information content (AvgIpc) is 2.17. The second-order valence-corrected chi connectivity index (χ2v) is 3.81. The predicted octanol–water partition coefficient (Wildman–Crippen LogP) is 1.03. The van der Waals surface area contributed by atoms with Crippen molar-refractivity contribution in [3.05, 3.63) is 12.7 Å². The van der Waals surface area contributed by atoms with Crippen LogP contribution in [0, 0.1) is 0 Å². The molecule has 0 aromatic rings. The first-order valence-electron chi connectivity index (χ1n) is 5.17. The Morgan fingerprint density at radius 3 is 2.87 bits per heavy atom. The Morgan fingerprint density at radius 1 is 1.60 bits per heavy atom. The summed E-state index contributed by atoms with van der Waals surface area (Å²) in [6, 6.07) is 0. The van der Waals surface area contributed by atoms with Crippen molar-refractivity contribution in [3.8, 4) is 0 Å². The number of ether oxygens (including phenoxy) is 2. The minimum atomic E-state index is -0.390. The van der Waals surface area contributed by atoms with Gasteiger partial charge in [-0.3, -0.25) is 4.79 Å². The quantitative estimate of drug-likeness (QED) is 0.561. The summed E-state index contributed by atoms with van der Waals surface area (Å²) in [5.74, 6) is -0.300. The largest absolute Gasteiger partial charge is 0.469 e. The van der Waals surface area contributed by atoms with Crippen LogP contribution in [-0.4, -0.2) is 36.5 Å². The van der Waals surface area contributed by atoms with Crippen molar-refractivity contribution < 1.29 is 19.4 Å². The van der Waals surface area contributed by atoms with Gasteiger partial charge in [0, 0.05) is 6.42 Å². The van der Waals surface area contributed by atoms with Crippen LogP contribution in [0.4, 0.5) is 0 Å². The van der Waals surface area contributed by atoms with E-state index < -0.39 is 6.10 Å². The molecule has 86 valence electrons. The molecule has 1 heterocycles. The standard InChI is InChI=1S/C11H18O4/c1-3-4-9-5-8(12)6-10(15-9)7-11(13)14-2/h3,8-10,12H,1,4-7H2,2H3/t8-,9+,10+/m0/s1. The Kier molecular flexibility index (Phi) is 4.78. The van der Waals surface area contributed by atoms with Gasteiger partial charge in [0.25, 0.3) is 0 Å². The first-order chi connectivity index (χ1) is 7.15. The third-order valence-corrected chi connectivity index (χ3v) is 2.51. The fourth-order valence-electron chi connectivity index (χ4n) is 1.82. The van der Waals surface area contributed by atoms with Crippen molar-refractivity contribution in [1.29, 1.82) is 0 Å². The lowest BCUT2D eigenvalue weighted by Gasteiger charge is -2.32. The van der Waals surface area contributed by atoms with Crippen LogP contribution in [-0.2, 0) is 14.3 Å². The lowest BCUT2D eigenvalue weighted by Crippen LogP contribution is -2.36. The molecule has 0 aliphatic carbocycles. The predicted molar refractivity (Wildman–Crippen MR) is 55.3 cm³/mol. The molecule has 1 fully saturated rings. The van der Waals surface area contributed by atoms with E-state index in [-0.39, 0.29) is 24.6 Å². The Bertz CT molecular complexity index is 227. The highest BCUT2D eigenvalue weighted by atomic mass is 16.5. The zero-order chi connectivity index (χ0) is 11.3. The number of hydrogen-bond donors (Lipinski definition) is 1. The number of carbonyl (C=O) groups is 1. The SMILES string of the molecule is C=CC[C@@H]1C[C@H](O)C[C@H](CC(=O)OC)O1. The van der Waals surface area contributed by atoms with E-state index in [0.29, 0.717) is 19.3 Å². The van der Waals surface area contributed by atoms with E-state index in [1.54, 1.807) is 6.08 Å². The number of hydrogen-bond acceptors (Lipinski definition) is 4. The third-order valence-electron chi connectivity index (χ3n) is 2.51. The zero-order valence-corrected chi connectivity index (χ0v) is 9.02. The van der Waals surface area contributed by atoms with Crippen molar-refractivity contribution in [2.75, 3.05) is 7.11 Å². The normalized spacial score (nSPS) is 30.9. The molecular weight excluding hydrogens is 196 g/mol. The van der Waals surface area contributed by atoms with Crippen molar-refractivity contribution in [2.45, 2.75) is 44.0 Å². The van der Waals surface area contributed by atoms with Gasteiger partial charge in [0.2, 0.25) is 0 Å². The lowest BCUT2D eigenvalue weighted by molar-refractivity contribution is -0.150. The zero-order valence-electron chi connectivity index (χ0n) is 9.02. The minimum absolute atomic E-state index is 0.0269. The molecule has 0 aromatic heterocycles. The molecule has 1 N–H and O–H groups in total. The van der Waals surface area contributed by atoms with Crippen molar-refractivity contribution >= 4 is 5.97 Å². The van der Waals surface area contributed by atoms with Gasteiger partial charge in [-0.05, 0) is 12.8 Å². The molecule has 1 aliphatic heterocycles. The monoisotopic (exact) mass is 214 g/mol. The van der Waals surface area contributed by atoms with Crippen LogP contribution in [0.25, 0.3) is 0 Å². The second kappa shape index (κ2) is 5.88. The summed E-state index contributed by atoms with van der Waals surface area (Å²) < 4.78 is 10.2. The lowest BCUT2D eigenvalue weighted by atomic mass is 9.97. The molecule has 0 aromatic carbocycles. The van der Waals surface area contributed by atoms with E-state index in [1.165, 1.54) is 7.11 Å². The van der Waals surface area contributed by atoms with Crippen molar-refractivity contribution in [3.63, 3.8) is 0 Å². The van der Waals surface area contributed by atoms with Crippen LogP contribution in [0.3, 0.4) is 0 Å². The van der Waals surface area contributed by atoms with Crippen molar-refractivity contribution in [1.82, 2.24) is 0 Å². The van der Waals surface area contributed by atoms with Crippen LogP contribution in [0.1, 0.15) is 25.7 Å². The van der Waals surface area contributed by atoms with Gasteiger partial charge >= 0.3 is 5.97 Å². The van der Waals surface area contributed by atoms with Gasteiger partial charge in [-0.2, -0.15) is 0 Å². The van der Waals surface area contributed by atoms with Gasteiger partial charge in [-0.1, -0.05) is 6.08 Å². The highest BCUT2D eigenvalue weighted by Crippen LogP contribution is 2.24. The molecule has 0 amide bonds. The Hall–Kier alpha value is -0.870. The summed E-state index contributed by atoms with van der Waals surface area (Å²) in [4.78, 5) is 11.0. The van der Waals surface area contributed by atoms with E-state index in [2.05, 4.69) is 11.3 Å². The number of aliphatic hydroxyl groups excluding tert-OH is 1. The first-order valence-corrected chi connectivity index (χ1v) is 5.17. The highest BCUT2D eigenvalue weighted by Gasteiger charge is 2.29. The summed E-state index contributed by atoms with van der Waals surface area (Å²) in [6.45, 7) is 3.63. The van der Waals surface area contributed by atoms with Crippen LogP contribution in [0.15, 0.2) is 12.7 Å². The smallest absolute Gasteiger partial charge is 0.308 e. The van der Waals surface area contributed by atoms with E-state index in [4.69, 9.17) is 4.74 Å². The van der Waals surface area contributed by atoms with Gasteiger partial charge in [-0.25, -0.2) is 0 Å². The van der Waals surface area contributed by atoms with Crippen LogP contribution in [0.2, 0.25) is 0 Å². The van der Waals surface area contributed by atoms with E-state index in [0.717, 1.165) is 0 Å². The Balaban J connectivity index is 2.43. The van der Waals surface area contributed by atoms with Gasteiger partial charge in [0.1, 0.15) is 0 Å². The maximum atomic E-state index is 11.0. The summed E-state index contributed by atoms with van der Waals surface area (Å²) in [7, 11) is 1.35. The fourth-order valence-corrected chi connectivity index (χ4v) is 1.82. The molecule has 0 radical (unpaired) electrons. The maximum absolute atomic E-state index is 11.0. The Morgan fingerprint density at radius 2 is 2.27 bits per heavy atom. The van der Waals surface area contributed by atoms with Crippen molar-refractivity contribution in [2.24, 2.45) is 0 Å². The number of methoxy groups -OCH3 is 1. The molecule has 0 spiro atoms. The molecule has 4 nitrogen and oxygen atoms in total. The fraction of sp³-hybridized carbons (Fsp3) is 0.727. The summed E-state index contributed by atoms with van der Waals surface area (Å²) in [5, 5.41) is 9.60. The summed E-state index contributed by atoms with van der Waals surface area (Å²) in [5.41, 5.74) is 0. The molecule has 0 unspecified atom stereocenters. The third kappa shape index (κ3) is 4.01. The molecule has 3 atom stereocenters.